The monoisotopic (exact) mass is 461 g/mol. The molecule has 2 fully saturated rings. The van der Waals surface area contributed by atoms with Crippen LogP contribution in [-0.4, -0.2) is 50.8 Å². The highest BCUT2D eigenvalue weighted by atomic mass is 127. The maximum absolute atomic E-state index is 13.1. The molecule has 3 rings (SSSR count). The molecule has 0 aliphatic carbocycles. The Bertz CT molecular complexity index is 597. The number of rotatable bonds is 3. The van der Waals surface area contributed by atoms with Gasteiger partial charge in [-0.1, -0.05) is 26.0 Å². The van der Waals surface area contributed by atoms with E-state index in [2.05, 4.69) is 29.1 Å². The average Bonchev–Trinajstić information content (AvgIpc) is 3.19. The van der Waals surface area contributed by atoms with Gasteiger partial charge in [0.15, 0.2) is 5.96 Å². The van der Waals surface area contributed by atoms with Gasteiger partial charge in [0.25, 0.3) is 0 Å². The second kappa shape index (κ2) is 8.20. The van der Waals surface area contributed by atoms with Gasteiger partial charge in [0.05, 0.1) is 6.61 Å². The second-order valence-electron chi connectivity index (χ2n) is 7.77. The number of ether oxygens (including phenoxy) is 1. The summed E-state index contributed by atoms with van der Waals surface area (Å²) in [5, 5.41) is 3.51. The first kappa shape index (κ1) is 20.4. The first-order valence-corrected chi connectivity index (χ1v) is 8.74. The normalized spacial score (nSPS) is 23.8. The second-order valence-corrected chi connectivity index (χ2v) is 7.77. The van der Waals surface area contributed by atoms with Crippen LogP contribution < -0.4 is 5.32 Å². The molecule has 1 aromatic rings. The molecule has 0 saturated carbocycles. The fraction of sp³-hybridized carbons (Fsp3) is 0.632. The largest absolute Gasteiger partial charge is 0.381 e. The molecule has 25 heavy (non-hydrogen) atoms. The number of nitrogens with zero attached hydrogens (tertiary/aromatic N) is 2. The summed E-state index contributed by atoms with van der Waals surface area (Å²) in [5.74, 6) is 0.758. The van der Waals surface area contributed by atoms with Gasteiger partial charge in [0.1, 0.15) is 5.82 Å². The molecule has 2 aliphatic heterocycles. The first-order chi connectivity index (χ1) is 11.4. The van der Waals surface area contributed by atoms with Crippen molar-refractivity contribution >= 4 is 29.9 Å². The fourth-order valence-electron chi connectivity index (χ4n) is 3.72. The van der Waals surface area contributed by atoms with Gasteiger partial charge in [-0.25, -0.2) is 4.39 Å². The van der Waals surface area contributed by atoms with E-state index in [1.54, 1.807) is 0 Å². The molecule has 1 N–H and O–H groups in total. The molecule has 0 aromatic heterocycles. The number of aliphatic imine (C=N–C) groups is 1. The summed E-state index contributed by atoms with van der Waals surface area (Å²) in [5.41, 5.74) is 1.34. The Hall–Kier alpha value is -0.890. The van der Waals surface area contributed by atoms with Crippen LogP contribution in [0.3, 0.4) is 0 Å². The minimum absolute atomic E-state index is 0. The molecule has 4 nitrogen and oxygen atoms in total. The summed E-state index contributed by atoms with van der Waals surface area (Å²) < 4.78 is 18.7. The van der Waals surface area contributed by atoms with Crippen LogP contribution in [-0.2, 0) is 10.2 Å². The van der Waals surface area contributed by atoms with Crippen molar-refractivity contribution in [1.82, 2.24) is 10.2 Å². The van der Waals surface area contributed by atoms with Gasteiger partial charge in [0, 0.05) is 44.1 Å². The van der Waals surface area contributed by atoms with E-state index in [1.165, 1.54) is 18.6 Å². The Kier molecular flexibility index (Phi) is 6.70. The molecule has 140 valence electrons. The number of guanidine groups is 1. The molecular formula is C19H29FIN3O. The van der Waals surface area contributed by atoms with Gasteiger partial charge >= 0.3 is 0 Å². The van der Waals surface area contributed by atoms with Gasteiger partial charge < -0.3 is 15.0 Å². The quantitative estimate of drug-likeness (QED) is 0.426. The van der Waals surface area contributed by atoms with E-state index in [0.717, 1.165) is 50.8 Å². The summed E-state index contributed by atoms with van der Waals surface area (Å²) in [6, 6.07) is 6.77. The van der Waals surface area contributed by atoms with Crippen LogP contribution in [0.1, 0.15) is 32.3 Å². The maximum Gasteiger partial charge on any atom is 0.193 e. The molecular weight excluding hydrogens is 432 g/mol. The fourth-order valence-corrected chi connectivity index (χ4v) is 3.72. The summed E-state index contributed by atoms with van der Waals surface area (Å²) in [6.45, 7) is 8.89. The van der Waals surface area contributed by atoms with Gasteiger partial charge in [-0.3, -0.25) is 4.99 Å². The van der Waals surface area contributed by atoms with Gasteiger partial charge in [0.2, 0.25) is 0 Å². The van der Waals surface area contributed by atoms with Crippen LogP contribution >= 0.6 is 24.0 Å². The zero-order valence-corrected chi connectivity index (χ0v) is 17.7. The number of benzene rings is 1. The summed E-state index contributed by atoms with van der Waals surface area (Å²) in [4.78, 5) is 6.81. The predicted octanol–water partition coefficient (Wildman–Crippen LogP) is 3.41. The van der Waals surface area contributed by atoms with E-state index in [9.17, 15) is 4.39 Å². The highest BCUT2D eigenvalue weighted by molar-refractivity contribution is 14.0. The zero-order chi connectivity index (χ0) is 17.2. The number of halogens is 2. The lowest BCUT2D eigenvalue weighted by Crippen LogP contribution is -2.45. The van der Waals surface area contributed by atoms with E-state index < -0.39 is 0 Å². The summed E-state index contributed by atoms with van der Waals surface area (Å²) in [6.07, 6.45) is 2.33. The Morgan fingerprint density at radius 3 is 2.64 bits per heavy atom. The first-order valence-electron chi connectivity index (χ1n) is 8.74. The van der Waals surface area contributed by atoms with Crippen LogP contribution in [0.4, 0.5) is 4.39 Å². The van der Waals surface area contributed by atoms with Gasteiger partial charge in [-0.2, -0.15) is 0 Å². The van der Waals surface area contributed by atoms with Crippen molar-refractivity contribution in [2.45, 2.75) is 32.1 Å². The Labute approximate surface area is 167 Å². The number of nitrogens with one attached hydrogen (secondary N) is 1. The molecule has 1 spiro atoms. The highest BCUT2D eigenvalue weighted by Crippen LogP contribution is 2.38. The SMILES string of the molecule is CN=C(NCC(C)(C)c1ccc(F)cc1)N1CCC2(CCOC2)C1.I. The molecule has 1 atom stereocenters. The Morgan fingerprint density at radius 2 is 2.04 bits per heavy atom. The van der Waals surface area contributed by atoms with Crippen molar-refractivity contribution in [3.05, 3.63) is 35.6 Å². The Balaban J connectivity index is 0.00000225. The smallest absolute Gasteiger partial charge is 0.193 e. The average molecular weight is 461 g/mol. The molecule has 2 aliphatic rings. The molecule has 0 amide bonds. The number of hydrogen-bond donors (Lipinski definition) is 1. The van der Waals surface area contributed by atoms with Crippen LogP contribution in [0.2, 0.25) is 0 Å². The predicted molar refractivity (Wildman–Crippen MR) is 110 cm³/mol. The van der Waals surface area contributed by atoms with Crippen molar-refractivity contribution in [2.75, 3.05) is 39.9 Å². The van der Waals surface area contributed by atoms with E-state index in [1.807, 2.05) is 19.2 Å². The zero-order valence-electron chi connectivity index (χ0n) is 15.3. The van der Waals surface area contributed by atoms with Crippen LogP contribution in [0.5, 0.6) is 0 Å². The van der Waals surface area contributed by atoms with Crippen molar-refractivity contribution in [3.63, 3.8) is 0 Å². The standard InChI is InChI=1S/C19H28FN3O.HI/c1-18(2,15-4-6-16(20)7-5-15)12-22-17(21-3)23-10-8-19(13-23)9-11-24-14-19;/h4-7H,8-14H2,1-3H3,(H,21,22);1H. The summed E-state index contributed by atoms with van der Waals surface area (Å²) in [7, 11) is 1.84. The lowest BCUT2D eigenvalue weighted by molar-refractivity contribution is 0.156. The minimum atomic E-state index is -0.195. The van der Waals surface area contributed by atoms with Gasteiger partial charge in [-0.05, 0) is 30.5 Å². The Morgan fingerprint density at radius 1 is 1.32 bits per heavy atom. The van der Waals surface area contributed by atoms with E-state index >= 15 is 0 Å². The number of hydrogen-bond acceptors (Lipinski definition) is 2. The topological polar surface area (TPSA) is 36.9 Å². The molecule has 2 heterocycles. The third kappa shape index (κ3) is 4.64. The van der Waals surface area contributed by atoms with E-state index in [-0.39, 0.29) is 35.2 Å². The van der Waals surface area contributed by atoms with Crippen LogP contribution in [0.25, 0.3) is 0 Å². The van der Waals surface area contributed by atoms with E-state index in [0.29, 0.717) is 5.41 Å². The summed E-state index contributed by atoms with van der Waals surface area (Å²) >= 11 is 0. The van der Waals surface area contributed by atoms with Crippen LogP contribution in [0, 0.1) is 11.2 Å². The van der Waals surface area contributed by atoms with Gasteiger partial charge in [-0.15, -0.1) is 24.0 Å². The number of likely N-dealkylation sites (tertiary alicyclic amines) is 1. The molecule has 0 radical (unpaired) electrons. The molecule has 1 aromatic carbocycles. The van der Waals surface area contributed by atoms with E-state index in [4.69, 9.17) is 4.74 Å². The lowest BCUT2D eigenvalue weighted by Gasteiger charge is -2.30. The van der Waals surface area contributed by atoms with Crippen molar-refractivity contribution in [2.24, 2.45) is 10.4 Å². The maximum atomic E-state index is 13.1. The lowest BCUT2D eigenvalue weighted by atomic mass is 9.84. The molecule has 2 saturated heterocycles. The van der Waals surface area contributed by atoms with Crippen LogP contribution in [0.15, 0.2) is 29.3 Å². The third-order valence-electron chi connectivity index (χ3n) is 5.45. The van der Waals surface area contributed by atoms with Crippen molar-refractivity contribution < 1.29 is 9.13 Å². The third-order valence-corrected chi connectivity index (χ3v) is 5.45. The molecule has 0 bridgehead atoms. The molecule has 1 unspecified atom stereocenters. The minimum Gasteiger partial charge on any atom is -0.381 e. The van der Waals surface area contributed by atoms with Crippen molar-refractivity contribution in [3.8, 4) is 0 Å². The molecule has 6 heteroatoms. The van der Waals surface area contributed by atoms with Crippen molar-refractivity contribution in [1.29, 1.82) is 0 Å². The highest BCUT2D eigenvalue weighted by Gasteiger charge is 2.42.